The first kappa shape index (κ1) is 26.9. The van der Waals surface area contributed by atoms with Crippen molar-refractivity contribution < 1.29 is 0 Å². The summed E-state index contributed by atoms with van der Waals surface area (Å²) >= 11 is 1.83. The van der Waals surface area contributed by atoms with Gasteiger partial charge in [-0.3, -0.25) is 4.98 Å². The van der Waals surface area contributed by atoms with Gasteiger partial charge in [-0.05, 0) is 98.2 Å². The highest BCUT2D eigenvalue weighted by Gasteiger charge is 2.19. The Labute approximate surface area is 280 Å². The van der Waals surface area contributed by atoms with Crippen LogP contribution in [0.4, 0.5) is 5.69 Å². The van der Waals surface area contributed by atoms with Gasteiger partial charge in [0.25, 0.3) is 0 Å². The molecule has 0 unspecified atom stereocenters. The normalized spacial score (nSPS) is 11.7. The lowest BCUT2D eigenvalue weighted by atomic mass is 9.86. The summed E-state index contributed by atoms with van der Waals surface area (Å²) in [5.41, 5.74) is 8.65. The number of fused-ring (bicyclic) bond motifs is 8. The highest BCUT2D eigenvalue weighted by atomic mass is 32.1. The summed E-state index contributed by atoms with van der Waals surface area (Å²) in [5, 5.41) is 9.57. The Kier molecular flexibility index (Phi) is 5.81. The number of hydrogen-bond donors (Lipinski definition) is 0. The van der Waals surface area contributed by atoms with E-state index in [9.17, 15) is 0 Å². The van der Waals surface area contributed by atoms with E-state index in [4.69, 9.17) is 6.57 Å². The third kappa shape index (κ3) is 3.89. The maximum atomic E-state index is 7.81. The highest BCUT2D eigenvalue weighted by Crippen LogP contribution is 2.45. The average Bonchev–Trinajstić information content (AvgIpc) is 3.68. The second-order valence-corrected chi connectivity index (χ2v) is 13.3. The first-order chi connectivity index (χ1) is 23.8. The molecule has 0 aliphatic heterocycles. The fraction of sp³-hybridized carbons (Fsp3) is 0. The first-order valence-electron chi connectivity index (χ1n) is 16.0. The summed E-state index contributed by atoms with van der Waals surface area (Å²) < 4.78 is 4.94. The van der Waals surface area contributed by atoms with Crippen LogP contribution in [-0.2, 0) is 0 Å². The summed E-state index contributed by atoms with van der Waals surface area (Å²) in [4.78, 5) is 8.28. The molecule has 0 spiro atoms. The molecule has 3 aromatic heterocycles. The van der Waals surface area contributed by atoms with Gasteiger partial charge in [0.1, 0.15) is 0 Å². The van der Waals surface area contributed by atoms with Crippen LogP contribution < -0.4 is 0 Å². The van der Waals surface area contributed by atoms with Gasteiger partial charge in [0.05, 0.1) is 17.6 Å². The fourth-order valence-corrected chi connectivity index (χ4v) is 8.72. The van der Waals surface area contributed by atoms with Crippen molar-refractivity contribution in [3.63, 3.8) is 0 Å². The van der Waals surface area contributed by atoms with Crippen molar-refractivity contribution in [3.05, 3.63) is 163 Å². The van der Waals surface area contributed by atoms with Gasteiger partial charge in [0.2, 0.25) is 0 Å². The minimum Gasteiger partial charge on any atom is -0.309 e. The number of pyridine rings is 1. The van der Waals surface area contributed by atoms with Crippen molar-refractivity contribution in [2.45, 2.75) is 0 Å². The van der Waals surface area contributed by atoms with Gasteiger partial charge in [-0.2, -0.15) is 0 Å². The van der Waals surface area contributed by atoms with Gasteiger partial charge in [-0.15, -0.1) is 11.3 Å². The van der Waals surface area contributed by atoms with E-state index in [1.165, 1.54) is 52.8 Å². The number of hydrogen-bond acceptors (Lipinski definition) is 2. The van der Waals surface area contributed by atoms with E-state index in [1.54, 1.807) is 0 Å². The summed E-state index contributed by atoms with van der Waals surface area (Å²) in [5.74, 6) is 0. The Balaban J connectivity index is 1.28. The molecule has 0 saturated carbocycles. The van der Waals surface area contributed by atoms with Crippen LogP contribution in [0.5, 0.6) is 0 Å². The number of rotatable bonds is 3. The molecular weight excluding hydrogens is 603 g/mol. The molecule has 4 heteroatoms. The number of benzene rings is 7. The Morgan fingerprint density at radius 1 is 0.500 bits per heavy atom. The second kappa shape index (κ2) is 10.4. The zero-order chi connectivity index (χ0) is 31.8. The van der Waals surface area contributed by atoms with Gasteiger partial charge < -0.3 is 4.57 Å². The molecule has 0 fully saturated rings. The zero-order valence-corrected chi connectivity index (χ0v) is 26.5. The van der Waals surface area contributed by atoms with Crippen molar-refractivity contribution in [2.24, 2.45) is 0 Å². The van der Waals surface area contributed by atoms with Gasteiger partial charge >= 0.3 is 0 Å². The molecule has 0 N–H and O–H groups in total. The van der Waals surface area contributed by atoms with Gasteiger partial charge in [-0.1, -0.05) is 84.9 Å². The molecule has 3 nitrogen and oxygen atoms in total. The van der Waals surface area contributed by atoms with Gasteiger partial charge in [-0.25, -0.2) is 4.85 Å². The molecule has 0 aliphatic carbocycles. The SMILES string of the molecule is [C-]#[N+]c1ccc2c(c1)c1cc(-c3c4ccccc4c(-c4cccnc4)c4ccccc34)ccc1n2-c1ccc2sc3ccccc3c2c1. The molecule has 3 heterocycles. The summed E-state index contributed by atoms with van der Waals surface area (Å²) in [6, 6.07) is 50.0. The molecular formula is C44H25N3S. The summed E-state index contributed by atoms with van der Waals surface area (Å²) in [7, 11) is 0. The summed E-state index contributed by atoms with van der Waals surface area (Å²) in [6.07, 6.45) is 3.79. The fourth-order valence-electron chi connectivity index (χ4n) is 7.63. The van der Waals surface area contributed by atoms with E-state index in [-0.39, 0.29) is 0 Å². The maximum Gasteiger partial charge on any atom is 0.188 e. The molecule has 0 amide bonds. The van der Waals surface area contributed by atoms with Crippen LogP contribution in [0.2, 0.25) is 0 Å². The molecule has 0 bridgehead atoms. The Morgan fingerprint density at radius 2 is 1.12 bits per heavy atom. The van der Waals surface area contributed by atoms with E-state index < -0.39 is 0 Å². The lowest BCUT2D eigenvalue weighted by molar-refractivity contribution is 1.19. The largest absolute Gasteiger partial charge is 0.309 e. The Morgan fingerprint density at radius 3 is 1.81 bits per heavy atom. The topological polar surface area (TPSA) is 22.2 Å². The molecule has 48 heavy (non-hydrogen) atoms. The number of nitrogens with zero attached hydrogens (tertiary/aromatic N) is 3. The van der Waals surface area contributed by atoms with E-state index in [1.807, 2.05) is 41.9 Å². The van der Waals surface area contributed by atoms with E-state index >= 15 is 0 Å². The third-order valence-electron chi connectivity index (χ3n) is 9.67. The second-order valence-electron chi connectivity index (χ2n) is 12.2. The molecule has 0 radical (unpaired) electrons. The minimum absolute atomic E-state index is 0.642. The van der Waals surface area contributed by atoms with Crippen molar-refractivity contribution in [2.75, 3.05) is 0 Å². The van der Waals surface area contributed by atoms with Crippen molar-refractivity contribution >= 4 is 80.5 Å². The third-order valence-corrected chi connectivity index (χ3v) is 10.8. The van der Waals surface area contributed by atoms with E-state index in [0.29, 0.717) is 5.69 Å². The predicted octanol–water partition coefficient (Wildman–Crippen LogP) is 12.7. The Hall–Kier alpha value is -6.28. The minimum atomic E-state index is 0.642. The van der Waals surface area contributed by atoms with Crippen LogP contribution in [0.1, 0.15) is 0 Å². The van der Waals surface area contributed by atoms with Crippen LogP contribution >= 0.6 is 11.3 Å². The first-order valence-corrected chi connectivity index (χ1v) is 16.8. The predicted molar refractivity (Wildman–Crippen MR) is 204 cm³/mol. The van der Waals surface area contributed by atoms with Crippen molar-refractivity contribution in [1.29, 1.82) is 0 Å². The van der Waals surface area contributed by atoms with Crippen molar-refractivity contribution in [1.82, 2.24) is 9.55 Å². The molecule has 222 valence electrons. The zero-order valence-electron chi connectivity index (χ0n) is 25.7. The number of aromatic nitrogens is 2. The van der Waals surface area contributed by atoms with Crippen molar-refractivity contribution in [3.8, 4) is 27.9 Å². The summed E-state index contributed by atoms with van der Waals surface area (Å²) in [6.45, 7) is 7.81. The molecule has 0 atom stereocenters. The van der Waals surface area contributed by atoms with Crippen LogP contribution in [0.15, 0.2) is 152 Å². The lowest BCUT2D eigenvalue weighted by Gasteiger charge is -2.17. The molecule has 10 aromatic rings. The van der Waals surface area contributed by atoms with Gasteiger partial charge in [0.15, 0.2) is 5.69 Å². The molecule has 10 rings (SSSR count). The molecule has 7 aromatic carbocycles. The maximum absolute atomic E-state index is 7.81. The Bertz CT molecular complexity index is 2900. The van der Waals surface area contributed by atoms with Crippen LogP contribution in [0.25, 0.3) is 96.3 Å². The number of thiophene rings is 1. The molecule has 0 aliphatic rings. The van der Waals surface area contributed by atoms with Crippen LogP contribution in [0, 0.1) is 6.57 Å². The lowest BCUT2D eigenvalue weighted by Crippen LogP contribution is -1.94. The quantitative estimate of drug-likeness (QED) is 0.141. The monoisotopic (exact) mass is 627 g/mol. The van der Waals surface area contributed by atoms with Crippen LogP contribution in [0.3, 0.4) is 0 Å². The van der Waals surface area contributed by atoms with E-state index in [0.717, 1.165) is 38.6 Å². The smallest absolute Gasteiger partial charge is 0.188 e. The van der Waals surface area contributed by atoms with E-state index in [2.05, 4.69) is 136 Å². The van der Waals surface area contributed by atoms with Crippen LogP contribution in [-0.4, -0.2) is 9.55 Å². The standard InChI is InChI=1S/C44H25N3S/c1-45-29-17-20-40-37(24-29)36-23-27(16-19-39(36)47(40)30-18-21-42-38(25-30)31-10-6-7-15-41(31)48-42)43-32-11-2-4-13-34(32)44(28-9-8-22-46-26-28)35-14-5-3-12-33(35)43/h2-26H. The van der Waals surface area contributed by atoms with Gasteiger partial charge in [0, 0.05) is 49.2 Å². The molecule has 0 saturated heterocycles. The average molecular weight is 628 g/mol. The highest BCUT2D eigenvalue weighted by molar-refractivity contribution is 7.25.